The van der Waals surface area contributed by atoms with Crippen LogP contribution in [0.15, 0.2) is 52.9 Å². The van der Waals surface area contributed by atoms with Crippen LogP contribution in [0.5, 0.6) is 0 Å². The van der Waals surface area contributed by atoms with Crippen LogP contribution in [-0.4, -0.2) is 33.3 Å². The van der Waals surface area contributed by atoms with Crippen LogP contribution in [0, 0.1) is 5.82 Å². The summed E-state index contributed by atoms with van der Waals surface area (Å²) in [6.07, 6.45) is 0. The minimum atomic E-state index is -1.02. The van der Waals surface area contributed by atoms with Crippen LogP contribution in [0.1, 0.15) is 13.8 Å². The first-order valence-electron chi connectivity index (χ1n) is 9.07. The highest BCUT2D eigenvalue weighted by atomic mass is 32.2. The van der Waals surface area contributed by atoms with E-state index in [1.165, 1.54) is 34.1 Å². The Hall–Kier alpha value is -2.98. The highest BCUT2D eigenvalue weighted by molar-refractivity contribution is 8.01. The lowest BCUT2D eigenvalue weighted by molar-refractivity contribution is -0.125. The zero-order valence-corrected chi connectivity index (χ0v) is 17.8. The number of nitrogens with one attached hydrogen (secondary N) is 2. The molecular formula is C20H18FN5O2S2. The molecule has 2 N–H and O–H groups in total. The number of anilines is 4. The average molecular weight is 444 g/mol. The van der Waals surface area contributed by atoms with Gasteiger partial charge < -0.3 is 10.6 Å². The fraction of sp³-hybridized carbons (Fsp3) is 0.200. The van der Waals surface area contributed by atoms with Crippen molar-refractivity contribution in [2.24, 2.45) is 0 Å². The number of carbonyl (C=O) groups excluding carboxylic acids is 2. The Bertz CT molecular complexity index is 1120. The number of hydrogen-bond donors (Lipinski definition) is 2. The molecule has 7 nitrogen and oxygen atoms in total. The molecule has 2 aromatic carbocycles. The van der Waals surface area contributed by atoms with Crippen molar-refractivity contribution in [3.05, 3.63) is 54.3 Å². The summed E-state index contributed by atoms with van der Waals surface area (Å²) in [7, 11) is 0. The fourth-order valence-electron chi connectivity index (χ4n) is 3.08. The molecule has 2 heterocycles. The second kappa shape index (κ2) is 8.04. The Balaban J connectivity index is 1.47. The third kappa shape index (κ3) is 3.88. The first-order valence-corrected chi connectivity index (χ1v) is 10.9. The molecule has 0 unspecified atom stereocenters. The van der Waals surface area contributed by atoms with Gasteiger partial charge in [0.15, 0.2) is 4.34 Å². The van der Waals surface area contributed by atoms with Crippen molar-refractivity contribution in [2.75, 3.05) is 21.3 Å². The van der Waals surface area contributed by atoms with E-state index in [0.29, 0.717) is 26.5 Å². The molecule has 30 heavy (non-hydrogen) atoms. The first-order chi connectivity index (χ1) is 14.4. The summed E-state index contributed by atoms with van der Waals surface area (Å²) in [6, 6.07) is 13.5. The van der Waals surface area contributed by atoms with Crippen molar-refractivity contribution >= 4 is 57.1 Å². The molecule has 2 amide bonds. The highest BCUT2D eigenvalue weighted by Crippen LogP contribution is 2.37. The fourth-order valence-corrected chi connectivity index (χ4v) is 4.70. The number of thioether (sulfide) groups is 1. The zero-order valence-electron chi connectivity index (χ0n) is 16.2. The average Bonchev–Trinajstić information content (AvgIpc) is 3.16. The molecule has 0 spiro atoms. The maximum atomic E-state index is 13.8. The zero-order chi connectivity index (χ0) is 21.3. The van der Waals surface area contributed by atoms with Gasteiger partial charge in [0.05, 0.1) is 22.8 Å². The second-order valence-corrected chi connectivity index (χ2v) is 9.23. The number of hydrogen-bond acceptors (Lipinski definition) is 7. The van der Waals surface area contributed by atoms with Gasteiger partial charge in [0.25, 0.3) is 0 Å². The van der Waals surface area contributed by atoms with Crippen molar-refractivity contribution in [1.29, 1.82) is 0 Å². The van der Waals surface area contributed by atoms with E-state index < -0.39 is 5.54 Å². The molecule has 4 rings (SSSR count). The van der Waals surface area contributed by atoms with Crippen LogP contribution in [0.25, 0.3) is 0 Å². The molecule has 0 saturated carbocycles. The van der Waals surface area contributed by atoms with Crippen LogP contribution in [-0.2, 0) is 9.59 Å². The van der Waals surface area contributed by atoms with Gasteiger partial charge in [0, 0.05) is 0 Å². The number of benzene rings is 2. The Morgan fingerprint density at radius 2 is 1.93 bits per heavy atom. The number of fused-ring (bicyclic) bond motifs is 1. The smallest absolute Gasteiger partial charge is 0.250 e. The molecule has 154 valence electrons. The second-order valence-electron chi connectivity index (χ2n) is 7.03. The summed E-state index contributed by atoms with van der Waals surface area (Å²) < 4.78 is 14.3. The van der Waals surface area contributed by atoms with E-state index in [9.17, 15) is 14.0 Å². The van der Waals surface area contributed by atoms with Gasteiger partial charge in [0.1, 0.15) is 11.4 Å². The van der Waals surface area contributed by atoms with Crippen molar-refractivity contribution < 1.29 is 14.0 Å². The summed E-state index contributed by atoms with van der Waals surface area (Å²) in [5.74, 6) is -0.765. The number of carbonyl (C=O) groups is 2. The van der Waals surface area contributed by atoms with Crippen LogP contribution in [0.4, 0.5) is 26.6 Å². The van der Waals surface area contributed by atoms with Gasteiger partial charge in [-0.1, -0.05) is 47.4 Å². The van der Waals surface area contributed by atoms with Gasteiger partial charge in [-0.3, -0.25) is 14.5 Å². The quantitative estimate of drug-likeness (QED) is 0.573. The number of rotatable bonds is 5. The third-order valence-corrected chi connectivity index (χ3v) is 6.56. The lowest BCUT2D eigenvalue weighted by Gasteiger charge is -2.42. The third-order valence-electron chi connectivity index (χ3n) is 4.60. The van der Waals surface area contributed by atoms with Crippen molar-refractivity contribution in [3.63, 3.8) is 0 Å². The number of aromatic nitrogens is 2. The number of para-hydroxylation sites is 3. The molecule has 0 bridgehead atoms. The topological polar surface area (TPSA) is 87.2 Å². The van der Waals surface area contributed by atoms with Crippen LogP contribution in [0.3, 0.4) is 0 Å². The maximum absolute atomic E-state index is 13.8. The summed E-state index contributed by atoms with van der Waals surface area (Å²) in [5.41, 5.74) is 0.545. The van der Waals surface area contributed by atoms with Crippen LogP contribution < -0.4 is 15.5 Å². The van der Waals surface area contributed by atoms with Crippen molar-refractivity contribution in [3.8, 4) is 0 Å². The predicted octanol–water partition coefficient (Wildman–Crippen LogP) is 4.28. The van der Waals surface area contributed by atoms with E-state index in [2.05, 4.69) is 20.8 Å². The van der Waals surface area contributed by atoms with E-state index >= 15 is 0 Å². The molecule has 1 aliphatic heterocycles. The minimum Gasteiger partial charge on any atom is -0.328 e. The van der Waals surface area contributed by atoms with Gasteiger partial charge >= 0.3 is 0 Å². The Kier molecular flexibility index (Phi) is 5.44. The van der Waals surface area contributed by atoms with E-state index in [-0.39, 0.29) is 23.4 Å². The SMILES string of the molecule is CC1(C)C(=O)Nc2ccccc2N1C(=O)CSc1nnc(Nc2ccccc2F)s1. The molecular weight excluding hydrogens is 425 g/mol. The summed E-state index contributed by atoms with van der Waals surface area (Å²) in [6.45, 7) is 3.42. The van der Waals surface area contributed by atoms with Crippen molar-refractivity contribution in [1.82, 2.24) is 10.2 Å². The molecule has 0 atom stereocenters. The molecule has 10 heteroatoms. The van der Waals surface area contributed by atoms with Crippen LogP contribution >= 0.6 is 23.1 Å². The Morgan fingerprint density at radius 3 is 2.73 bits per heavy atom. The largest absolute Gasteiger partial charge is 0.328 e. The van der Waals surface area contributed by atoms with Gasteiger partial charge in [-0.05, 0) is 38.1 Å². The van der Waals surface area contributed by atoms with E-state index in [1.54, 1.807) is 50.2 Å². The van der Waals surface area contributed by atoms with Gasteiger partial charge in [0.2, 0.25) is 16.9 Å². The van der Waals surface area contributed by atoms with E-state index in [4.69, 9.17) is 0 Å². The lowest BCUT2D eigenvalue weighted by atomic mass is 9.96. The molecule has 1 aliphatic rings. The molecule has 0 radical (unpaired) electrons. The van der Waals surface area contributed by atoms with Crippen LogP contribution in [0.2, 0.25) is 0 Å². The molecule has 0 saturated heterocycles. The van der Waals surface area contributed by atoms with E-state index in [0.717, 1.165) is 0 Å². The Morgan fingerprint density at radius 1 is 1.20 bits per heavy atom. The number of halogens is 1. The van der Waals surface area contributed by atoms with Gasteiger partial charge in [-0.25, -0.2) is 4.39 Å². The number of nitrogens with zero attached hydrogens (tertiary/aromatic N) is 3. The van der Waals surface area contributed by atoms with Crippen molar-refractivity contribution in [2.45, 2.75) is 23.7 Å². The molecule has 1 aromatic heterocycles. The maximum Gasteiger partial charge on any atom is 0.250 e. The highest BCUT2D eigenvalue weighted by Gasteiger charge is 2.43. The molecule has 0 fully saturated rings. The summed E-state index contributed by atoms with van der Waals surface area (Å²) in [4.78, 5) is 27.1. The predicted molar refractivity (Wildman–Crippen MR) is 117 cm³/mol. The Labute approximate surface area is 180 Å². The van der Waals surface area contributed by atoms with Gasteiger partial charge in [-0.15, -0.1) is 10.2 Å². The lowest BCUT2D eigenvalue weighted by Crippen LogP contribution is -2.58. The minimum absolute atomic E-state index is 0.0827. The van der Waals surface area contributed by atoms with Gasteiger partial charge in [-0.2, -0.15) is 0 Å². The van der Waals surface area contributed by atoms with E-state index in [1.807, 2.05) is 6.07 Å². The standard InChI is InChI=1S/C20H18FN5O2S2/c1-20(2)17(28)22-14-9-5-6-10-15(14)26(20)16(27)11-29-19-25-24-18(30-19)23-13-8-4-3-7-12(13)21/h3-10H,11H2,1-2H3,(H,22,28)(H,23,24). The monoisotopic (exact) mass is 443 g/mol. The summed E-state index contributed by atoms with van der Waals surface area (Å²) >= 11 is 2.45. The summed E-state index contributed by atoms with van der Waals surface area (Å²) in [5, 5.41) is 14.2. The molecule has 3 aromatic rings. The normalized spacial score (nSPS) is 14.8. The molecule has 0 aliphatic carbocycles. The number of amides is 2. The first kappa shape index (κ1) is 20.3.